The summed E-state index contributed by atoms with van der Waals surface area (Å²) < 4.78 is 29.9. The summed E-state index contributed by atoms with van der Waals surface area (Å²) in [7, 11) is 1.64. The van der Waals surface area contributed by atoms with Crippen molar-refractivity contribution in [3.63, 3.8) is 0 Å². The van der Waals surface area contributed by atoms with Gasteiger partial charge in [-0.1, -0.05) is 0 Å². The smallest absolute Gasteiger partial charge is 0.336 e. The highest BCUT2D eigenvalue weighted by Gasteiger charge is 2.29. The third kappa shape index (κ3) is 3.29. The molecule has 0 spiro atoms. The molecule has 0 unspecified atom stereocenters. The van der Waals surface area contributed by atoms with Gasteiger partial charge in [0, 0.05) is 47.8 Å². The van der Waals surface area contributed by atoms with Crippen LogP contribution in [0.4, 0.5) is 20.3 Å². The standard InChI is InChI=1S/C23H18F2N4O3S/c1-28-9-16-15-3-11(10-33-2)14(23(31)32)5-18(15)29(21-17(25)4-13(24)7-27-21)8-12-6-26-20(19(12)16)22(28)30/h3-7,9,26H,8,10H2,1-2H3,(H,31,32). The molecule has 1 aliphatic heterocycles. The van der Waals surface area contributed by atoms with E-state index in [0.29, 0.717) is 44.6 Å². The fraction of sp³-hybridized carbons (Fsp3) is 0.174. The van der Waals surface area contributed by atoms with E-state index < -0.39 is 17.6 Å². The lowest BCUT2D eigenvalue weighted by Gasteiger charge is -2.26. The van der Waals surface area contributed by atoms with Crippen molar-refractivity contribution in [3.05, 3.63) is 75.5 Å². The minimum Gasteiger partial charge on any atom is -0.478 e. The van der Waals surface area contributed by atoms with Gasteiger partial charge in [-0.3, -0.25) is 4.79 Å². The van der Waals surface area contributed by atoms with E-state index >= 15 is 0 Å². The quantitative estimate of drug-likeness (QED) is 0.461. The van der Waals surface area contributed by atoms with Gasteiger partial charge in [0.25, 0.3) is 5.56 Å². The zero-order chi connectivity index (χ0) is 23.4. The molecule has 0 saturated heterocycles. The van der Waals surface area contributed by atoms with Crippen LogP contribution < -0.4 is 10.5 Å². The van der Waals surface area contributed by atoms with Crippen molar-refractivity contribution in [1.82, 2.24) is 14.5 Å². The maximum absolute atomic E-state index is 14.9. The Labute approximate surface area is 190 Å². The second-order valence-electron chi connectivity index (χ2n) is 7.83. The van der Waals surface area contributed by atoms with Gasteiger partial charge in [-0.15, -0.1) is 0 Å². The minimum absolute atomic E-state index is 0.0878. The monoisotopic (exact) mass is 468 g/mol. The van der Waals surface area contributed by atoms with Gasteiger partial charge in [0.15, 0.2) is 11.6 Å². The van der Waals surface area contributed by atoms with Gasteiger partial charge in [-0.05, 0) is 29.5 Å². The van der Waals surface area contributed by atoms with E-state index in [2.05, 4.69) is 9.97 Å². The number of anilines is 2. The van der Waals surface area contributed by atoms with Gasteiger partial charge >= 0.3 is 5.97 Å². The Morgan fingerprint density at radius 3 is 2.76 bits per heavy atom. The summed E-state index contributed by atoms with van der Waals surface area (Å²) in [6, 6.07) is 4.01. The van der Waals surface area contributed by atoms with Crippen LogP contribution in [0.5, 0.6) is 0 Å². The van der Waals surface area contributed by atoms with Crippen LogP contribution in [0.25, 0.3) is 22.0 Å². The zero-order valence-electron chi connectivity index (χ0n) is 17.6. The molecule has 1 aromatic carbocycles. The van der Waals surface area contributed by atoms with Crippen molar-refractivity contribution in [2.75, 3.05) is 11.2 Å². The first-order chi connectivity index (χ1) is 15.8. The summed E-state index contributed by atoms with van der Waals surface area (Å²) in [6.45, 7) is 0.101. The lowest BCUT2D eigenvalue weighted by Crippen LogP contribution is -2.20. The third-order valence-electron chi connectivity index (χ3n) is 5.79. The van der Waals surface area contributed by atoms with Gasteiger partial charge in [-0.25, -0.2) is 18.6 Å². The number of carboxylic acids is 1. The molecule has 0 atom stereocenters. The van der Waals surface area contributed by atoms with Crippen molar-refractivity contribution in [2.45, 2.75) is 12.3 Å². The van der Waals surface area contributed by atoms with E-state index in [9.17, 15) is 23.5 Å². The van der Waals surface area contributed by atoms with E-state index in [1.54, 1.807) is 25.5 Å². The molecule has 5 rings (SSSR count). The number of aromatic carboxylic acids is 1. The van der Waals surface area contributed by atoms with Crippen LogP contribution in [0.2, 0.25) is 0 Å². The first kappa shape index (κ1) is 21.2. The summed E-state index contributed by atoms with van der Waals surface area (Å²) in [6.07, 6.45) is 6.16. The summed E-state index contributed by atoms with van der Waals surface area (Å²) in [5.41, 5.74) is 3.34. The maximum Gasteiger partial charge on any atom is 0.336 e. The molecular formula is C23H18F2N4O3S. The highest BCUT2D eigenvalue weighted by atomic mass is 32.2. The highest BCUT2D eigenvalue weighted by Crippen LogP contribution is 2.45. The van der Waals surface area contributed by atoms with Crippen LogP contribution in [0, 0.1) is 11.6 Å². The second-order valence-corrected chi connectivity index (χ2v) is 8.70. The molecule has 3 aromatic heterocycles. The molecule has 0 fully saturated rings. The molecule has 33 heavy (non-hydrogen) atoms. The fourth-order valence-corrected chi connectivity index (χ4v) is 4.91. The van der Waals surface area contributed by atoms with E-state index in [0.717, 1.165) is 12.3 Å². The number of benzene rings is 1. The molecule has 0 saturated carbocycles. The SMILES string of the molecule is CSCc1cc2c(cc1C(=O)O)N(c1ncc(F)cc1F)Cc1c[nH]c3c(=O)n(C)cc-2c13. The Morgan fingerprint density at radius 2 is 2.06 bits per heavy atom. The van der Waals surface area contributed by atoms with Crippen LogP contribution in [0.15, 0.2) is 41.6 Å². The average Bonchev–Trinajstić information content (AvgIpc) is 3.14. The normalized spacial score (nSPS) is 12.7. The third-order valence-corrected chi connectivity index (χ3v) is 6.39. The summed E-state index contributed by atoms with van der Waals surface area (Å²) >= 11 is 1.48. The van der Waals surface area contributed by atoms with Crippen molar-refractivity contribution in [1.29, 1.82) is 0 Å². The van der Waals surface area contributed by atoms with Gasteiger partial charge in [0.1, 0.15) is 11.3 Å². The Hall–Kier alpha value is -3.66. The molecular weight excluding hydrogens is 450 g/mol. The van der Waals surface area contributed by atoms with E-state index in [1.165, 1.54) is 27.3 Å². The summed E-state index contributed by atoms with van der Waals surface area (Å²) in [4.78, 5) is 33.3. The summed E-state index contributed by atoms with van der Waals surface area (Å²) in [5, 5.41) is 10.5. The van der Waals surface area contributed by atoms with E-state index in [1.807, 2.05) is 6.26 Å². The number of rotatable bonds is 4. The molecule has 4 aromatic rings. The first-order valence-electron chi connectivity index (χ1n) is 9.97. The summed E-state index contributed by atoms with van der Waals surface area (Å²) in [5.74, 6) is -2.49. The largest absolute Gasteiger partial charge is 0.478 e. The molecule has 0 aliphatic carbocycles. The number of nitrogens with zero attached hydrogens (tertiary/aromatic N) is 3. The maximum atomic E-state index is 14.9. The second kappa shape index (κ2) is 7.73. The molecule has 10 heteroatoms. The van der Waals surface area contributed by atoms with Gasteiger partial charge in [-0.2, -0.15) is 11.8 Å². The lowest BCUT2D eigenvalue weighted by molar-refractivity contribution is 0.0696. The fourth-order valence-electron chi connectivity index (χ4n) is 4.36. The van der Waals surface area contributed by atoms with Gasteiger partial charge < -0.3 is 19.6 Å². The Kier molecular flexibility index (Phi) is 4.97. The molecule has 7 nitrogen and oxygen atoms in total. The number of pyridine rings is 2. The van der Waals surface area contributed by atoms with Crippen molar-refractivity contribution < 1.29 is 18.7 Å². The number of hydrogen-bond donors (Lipinski definition) is 2. The highest BCUT2D eigenvalue weighted by molar-refractivity contribution is 7.97. The van der Waals surface area contributed by atoms with E-state index in [-0.39, 0.29) is 23.5 Å². The predicted octanol–water partition coefficient (Wildman–Crippen LogP) is 4.42. The predicted molar refractivity (Wildman–Crippen MR) is 123 cm³/mol. The van der Waals surface area contributed by atoms with Crippen LogP contribution >= 0.6 is 11.8 Å². The molecule has 1 aliphatic rings. The molecule has 0 bridgehead atoms. The number of hydrogen-bond acceptors (Lipinski definition) is 5. The van der Waals surface area contributed by atoms with Gasteiger partial charge in [0.05, 0.1) is 24.0 Å². The van der Waals surface area contributed by atoms with Crippen LogP contribution in [-0.4, -0.2) is 31.9 Å². The molecule has 0 amide bonds. The van der Waals surface area contributed by atoms with Gasteiger partial charge in [0.2, 0.25) is 0 Å². The lowest BCUT2D eigenvalue weighted by atomic mass is 9.96. The van der Waals surface area contributed by atoms with Crippen LogP contribution in [0.1, 0.15) is 21.5 Å². The van der Waals surface area contributed by atoms with Crippen molar-refractivity contribution in [3.8, 4) is 11.1 Å². The molecule has 168 valence electrons. The van der Waals surface area contributed by atoms with Crippen LogP contribution in [-0.2, 0) is 19.3 Å². The van der Waals surface area contributed by atoms with Crippen LogP contribution in [0.3, 0.4) is 0 Å². The number of carboxylic acid groups (broad SMARTS) is 1. The Morgan fingerprint density at radius 1 is 1.27 bits per heavy atom. The molecule has 2 N–H and O–H groups in total. The zero-order valence-corrected chi connectivity index (χ0v) is 18.5. The number of aryl methyl sites for hydroxylation is 1. The number of thioether (sulfide) groups is 1. The van der Waals surface area contributed by atoms with E-state index in [4.69, 9.17) is 0 Å². The molecule has 0 radical (unpaired) electrons. The number of fused-ring (bicyclic) bond motifs is 2. The number of carbonyl (C=O) groups is 1. The topological polar surface area (TPSA) is 91.2 Å². The molecule has 4 heterocycles. The Balaban J connectivity index is 1.90. The minimum atomic E-state index is -1.11. The number of H-pyrrole nitrogens is 1. The van der Waals surface area contributed by atoms with Crippen molar-refractivity contribution in [2.24, 2.45) is 7.05 Å². The number of aromatic nitrogens is 3. The average molecular weight is 468 g/mol. The van der Waals surface area contributed by atoms with Crippen molar-refractivity contribution >= 4 is 40.1 Å². The number of aromatic amines is 1. The number of nitrogens with one attached hydrogen (secondary N) is 1. The Bertz CT molecular complexity index is 1510. The first-order valence-corrected chi connectivity index (χ1v) is 11.4. The number of halogens is 2.